The third-order valence-corrected chi connectivity index (χ3v) is 5.77. The Morgan fingerprint density at radius 1 is 1.12 bits per heavy atom. The summed E-state index contributed by atoms with van der Waals surface area (Å²) in [5, 5.41) is 4.09. The third kappa shape index (κ3) is 6.37. The number of amides is 2. The second kappa shape index (κ2) is 11.9. The van der Waals surface area contributed by atoms with E-state index in [9.17, 15) is 9.59 Å². The number of hydrogen-bond acceptors (Lipinski definition) is 6. The molecule has 2 amide bonds. The largest absolute Gasteiger partial charge is 0.494 e. The van der Waals surface area contributed by atoms with E-state index < -0.39 is 5.92 Å². The van der Waals surface area contributed by atoms with Crippen LogP contribution in [0.4, 0.5) is 5.69 Å². The van der Waals surface area contributed by atoms with E-state index in [4.69, 9.17) is 14.2 Å². The van der Waals surface area contributed by atoms with Crippen molar-refractivity contribution in [2.24, 2.45) is 11.0 Å². The Kier molecular flexibility index (Phi) is 8.93. The molecule has 1 aliphatic heterocycles. The van der Waals surface area contributed by atoms with Crippen molar-refractivity contribution in [2.45, 2.75) is 27.2 Å². The molecule has 0 radical (unpaired) electrons. The zero-order valence-corrected chi connectivity index (χ0v) is 21.1. The molecule has 33 heavy (non-hydrogen) atoms. The molecular formula is C24H28IN3O5. The molecule has 0 spiro atoms. The van der Waals surface area contributed by atoms with E-state index in [0.29, 0.717) is 37.9 Å². The molecule has 1 N–H and O–H groups in total. The van der Waals surface area contributed by atoms with Crippen molar-refractivity contribution in [1.82, 2.24) is 5.43 Å². The fourth-order valence-electron chi connectivity index (χ4n) is 3.49. The Bertz CT molecular complexity index is 1010. The summed E-state index contributed by atoms with van der Waals surface area (Å²) >= 11 is 2.18. The van der Waals surface area contributed by atoms with Gasteiger partial charge in [-0.3, -0.25) is 9.59 Å². The van der Waals surface area contributed by atoms with E-state index in [1.807, 2.05) is 57.2 Å². The third-order valence-electron chi connectivity index (χ3n) is 4.96. The fraction of sp³-hybridized carbons (Fsp3) is 0.375. The molecule has 2 aromatic carbocycles. The molecule has 0 aromatic heterocycles. The molecule has 1 aliphatic rings. The molecule has 176 valence electrons. The van der Waals surface area contributed by atoms with E-state index in [2.05, 4.69) is 33.1 Å². The quantitative estimate of drug-likeness (QED) is 0.268. The number of carbonyl (C=O) groups is 2. The maximum atomic E-state index is 12.6. The summed E-state index contributed by atoms with van der Waals surface area (Å²) in [6.07, 6.45) is 1.70. The number of halogens is 1. The van der Waals surface area contributed by atoms with Crippen LogP contribution in [0.3, 0.4) is 0 Å². The van der Waals surface area contributed by atoms with Crippen LogP contribution in [0.15, 0.2) is 41.5 Å². The van der Waals surface area contributed by atoms with Gasteiger partial charge in [-0.15, -0.1) is 0 Å². The molecule has 1 atom stereocenters. The van der Waals surface area contributed by atoms with E-state index >= 15 is 0 Å². The van der Waals surface area contributed by atoms with Gasteiger partial charge in [0, 0.05) is 18.7 Å². The molecule has 2 aromatic rings. The number of nitrogens with zero attached hydrogens (tertiary/aromatic N) is 2. The topological polar surface area (TPSA) is 89.5 Å². The minimum atomic E-state index is -0.472. The van der Waals surface area contributed by atoms with E-state index in [1.54, 1.807) is 11.1 Å². The highest BCUT2D eigenvalue weighted by molar-refractivity contribution is 14.1. The lowest BCUT2D eigenvalue weighted by Gasteiger charge is -2.17. The van der Waals surface area contributed by atoms with Crippen LogP contribution in [0.2, 0.25) is 0 Å². The SMILES string of the molecule is CCOc1ccc(N2C[C@H](C(=O)N/N=C\c3cc(I)c(OCC)c(OCC)c3)CC2=O)cc1. The van der Waals surface area contributed by atoms with Crippen molar-refractivity contribution in [2.75, 3.05) is 31.3 Å². The Balaban J connectivity index is 1.62. The summed E-state index contributed by atoms with van der Waals surface area (Å²) in [7, 11) is 0. The minimum absolute atomic E-state index is 0.0919. The summed E-state index contributed by atoms with van der Waals surface area (Å²) in [5.74, 6) is 1.21. The second-order valence-corrected chi connectivity index (χ2v) is 8.42. The number of anilines is 1. The summed E-state index contributed by atoms with van der Waals surface area (Å²) in [4.78, 5) is 26.7. The second-order valence-electron chi connectivity index (χ2n) is 7.26. The molecule has 8 nitrogen and oxygen atoms in total. The smallest absolute Gasteiger partial charge is 0.245 e. The van der Waals surface area contributed by atoms with Gasteiger partial charge in [-0.1, -0.05) is 0 Å². The standard InChI is InChI=1S/C24H28IN3O5/c1-4-31-19-9-7-18(8-10-19)28-15-17(13-22(28)29)24(30)27-26-14-16-11-20(25)23(33-6-3)21(12-16)32-5-2/h7-12,14,17H,4-6,13,15H2,1-3H3,(H,27,30)/b26-14-/t17-/m1/s1. The van der Waals surface area contributed by atoms with Crippen molar-refractivity contribution in [1.29, 1.82) is 0 Å². The van der Waals surface area contributed by atoms with Crippen LogP contribution in [0.25, 0.3) is 0 Å². The lowest BCUT2D eigenvalue weighted by atomic mass is 10.1. The summed E-state index contributed by atoms with van der Waals surface area (Å²) in [6.45, 7) is 7.67. The van der Waals surface area contributed by atoms with E-state index in [1.165, 1.54) is 0 Å². The lowest BCUT2D eigenvalue weighted by Crippen LogP contribution is -2.30. The van der Waals surface area contributed by atoms with Gasteiger partial charge in [0.25, 0.3) is 0 Å². The van der Waals surface area contributed by atoms with Crippen LogP contribution < -0.4 is 24.5 Å². The van der Waals surface area contributed by atoms with Gasteiger partial charge in [-0.05, 0) is 85.3 Å². The van der Waals surface area contributed by atoms with Crippen molar-refractivity contribution < 1.29 is 23.8 Å². The monoisotopic (exact) mass is 565 g/mol. The zero-order valence-electron chi connectivity index (χ0n) is 19.0. The average molecular weight is 565 g/mol. The van der Waals surface area contributed by atoms with Crippen LogP contribution in [0.1, 0.15) is 32.8 Å². The summed E-state index contributed by atoms with van der Waals surface area (Å²) in [6, 6.07) is 11.0. The summed E-state index contributed by atoms with van der Waals surface area (Å²) in [5.41, 5.74) is 4.07. The molecule has 1 saturated heterocycles. The highest BCUT2D eigenvalue weighted by Crippen LogP contribution is 2.34. The molecule has 1 fully saturated rings. The number of benzene rings is 2. The van der Waals surface area contributed by atoms with Gasteiger partial charge in [0.2, 0.25) is 11.8 Å². The Hall–Kier alpha value is -2.82. The molecule has 9 heteroatoms. The minimum Gasteiger partial charge on any atom is -0.494 e. The van der Waals surface area contributed by atoms with Gasteiger partial charge in [0.05, 0.1) is 35.5 Å². The molecule has 1 heterocycles. The molecular weight excluding hydrogens is 537 g/mol. The Morgan fingerprint density at radius 3 is 2.48 bits per heavy atom. The number of nitrogens with one attached hydrogen (secondary N) is 1. The summed E-state index contributed by atoms with van der Waals surface area (Å²) < 4.78 is 17.7. The maximum absolute atomic E-state index is 12.6. The van der Waals surface area contributed by atoms with Crippen molar-refractivity contribution in [3.8, 4) is 17.2 Å². The molecule has 0 unspecified atom stereocenters. The van der Waals surface area contributed by atoms with Crippen LogP contribution in [0, 0.1) is 9.49 Å². The van der Waals surface area contributed by atoms with Gasteiger partial charge in [-0.2, -0.15) is 5.10 Å². The van der Waals surface area contributed by atoms with Crippen LogP contribution in [-0.2, 0) is 9.59 Å². The molecule has 0 saturated carbocycles. The first-order chi connectivity index (χ1) is 16.0. The van der Waals surface area contributed by atoms with E-state index in [0.717, 1.165) is 20.6 Å². The van der Waals surface area contributed by atoms with Crippen molar-refractivity contribution in [3.05, 3.63) is 45.5 Å². The zero-order chi connectivity index (χ0) is 23.8. The highest BCUT2D eigenvalue weighted by atomic mass is 127. The van der Waals surface area contributed by atoms with Crippen LogP contribution >= 0.6 is 22.6 Å². The lowest BCUT2D eigenvalue weighted by molar-refractivity contribution is -0.126. The number of hydrazone groups is 1. The van der Waals surface area contributed by atoms with Crippen LogP contribution in [-0.4, -0.2) is 44.4 Å². The predicted molar refractivity (Wildman–Crippen MR) is 135 cm³/mol. The molecule has 0 bridgehead atoms. The van der Waals surface area contributed by atoms with E-state index in [-0.39, 0.29) is 18.2 Å². The predicted octanol–water partition coefficient (Wildman–Crippen LogP) is 3.99. The first-order valence-electron chi connectivity index (χ1n) is 10.9. The van der Waals surface area contributed by atoms with Crippen molar-refractivity contribution in [3.63, 3.8) is 0 Å². The van der Waals surface area contributed by atoms with Gasteiger partial charge in [0.1, 0.15) is 5.75 Å². The van der Waals surface area contributed by atoms with Gasteiger partial charge in [-0.25, -0.2) is 5.43 Å². The van der Waals surface area contributed by atoms with Crippen molar-refractivity contribution >= 4 is 46.3 Å². The fourth-order valence-corrected chi connectivity index (χ4v) is 4.27. The normalized spacial score (nSPS) is 15.7. The van der Waals surface area contributed by atoms with Gasteiger partial charge in [0.15, 0.2) is 11.5 Å². The Morgan fingerprint density at radius 2 is 1.82 bits per heavy atom. The molecule has 3 rings (SSSR count). The molecule has 0 aliphatic carbocycles. The van der Waals surface area contributed by atoms with Crippen LogP contribution in [0.5, 0.6) is 17.2 Å². The maximum Gasteiger partial charge on any atom is 0.245 e. The number of ether oxygens (including phenoxy) is 3. The highest BCUT2D eigenvalue weighted by Gasteiger charge is 2.35. The number of hydrogen-bond donors (Lipinski definition) is 1. The first kappa shape index (κ1) is 24.8. The average Bonchev–Trinajstić information content (AvgIpc) is 3.19. The van der Waals surface area contributed by atoms with Gasteiger partial charge < -0.3 is 19.1 Å². The number of carbonyl (C=O) groups excluding carboxylic acids is 2. The van der Waals surface area contributed by atoms with Gasteiger partial charge >= 0.3 is 0 Å². The Labute approximate surface area is 207 Å². The first-order valence-corrected chi connectivity index (χ1v) is 12.0. The number of rotatable bonds is 10.